The van der Waals surface area contributed by atoms with Gasteiger partial charge >= 0.3 is 0 Å². The van der Waals surface area contributed by atoms with Gasteiger partial charge in [-0.1, -0.05) is 29.5 Å². The molecule has 0 aliphatic carbocycles. The van der Waals surface area contributed by atoms with Crippen molar-refractivity contribution in [2.45, 2.75) is 20.8 Å². The Hall–Kier alpha value is -3.15. The van der Waals surface area contributed by atoms with Gasteiger partial charge in [-0.25, -0.2) is 4.68 Å². The fourth-order valence-electron chi connectivity index (χ4n) is 2.62. The number of benzene rings is 2. The molecule has 0 unspecified atom stereocenters. The molecule has 6 heteroatoms. The molecule has 6 nitrogen and oxygen atoms in total. The summed E-state index contributed by atoms with van der Waals surface area (Å²) < 4.78 is 6.97. The molecule has 0 bridgehead atoms. The van der Waals surface area contributed by atoms with Crippen molar-refractivity contribution in [1.29, 1.82) is 0 Å². The van der Waals surface area contributed by atoms with E-state index in [1.807, 2.05) is 63.2 Å². The number of nitrogens with one attached hydrogen (secondary N) is 1. The Labute approximate surface area is 146 Å². The van der Waals surface area contributed by atoms with Gasteiger partial charge in [0.05, 0.1) is 12.8 Å². The number of nitrogens with zero attached hydrogens (tertiary/aromatic N) is 3. The summed E-state index contributed by atoms with van der Waals surface area (Å²) in [5.74, 6) is 0.379. The van der Waals surface area contributed by atoms with Crippen LogP contribution >= 0.6 is 0 Å². The third-order valence-electron chi connectivity index (χ3n) is 4.06. The number of aryl methyl sites for hydroxylation is 2. The predicted molar refractivity (Wildman–Crippen MR) is 96.5 cm³/mol. The third-order valence-corrected chi connectivity index (χ3v) is 4.06. The number of methoxy groups -OCH3 is 1. The molecule has 1 aromatic heterocycles. The topological polar surface area (TPSA) is 69.0 Å². The van der Waals surface area contributed by atoms with Gasteiger partial charge in [0.25, 0.3) is 5.91 Å². The molecular weight excluding hydrogens is 316 g/mol. The second-order valence-electron chi connectivity index (χ2n) is 5.88. The molecule has 0 aliphatic heterocycles. The first-order valence-electron chi connectivity index (χ1n) is 7.95. The van der Waals surface area contributed by atoms with Crippen molar-refractivity contribution >= 4 is 11.6 Å². The van der Waals surface area contributed by atoms with E-state index in [0.717, 1.165) is 22.5 Å². The summed E-state index contributed by atoms with van der Waals surface area (Å²) in [5.41, 5.74) is 4.51. The number of aromatic nitrogens is 3. The smallest absolute Gasteiger partial charge is 0.278 e. The van der Waals surface area contributed by atoms with Gasteiger partial charge in [-0.05, 0) is 50.1 Å². The Balaban J connectivity index is 1.93. The molecule has 3 aromatic rings. The molecule has 1 heterocycles. The predicted octanol–water partition coefficient (Wildman–Crippen LogP) is 3.45. The fraction of sp³-hybridized carbons (Fsp3) is 0.211. The molecule has 3 rings (SSSR count). The van der Waals surface area contributed by atoms with Gasteiger partial charge < -0.3 is 10.1 Å². The highest BCUT2D eigenvalue weighted by molar-refractivity contribution is 6.04. The average Bonchev–Trinajstić information content (AvgIpc) is 2.99. The van der Waals surface area contributed by atoms with E-state index in [0.29, 0.717) is 11.4 Å². The first-order chi connectivity index (χ1) is 12.0. The van der Waals surface area contributed by atoms with Crippen LogP contribution in [0.15, 0.2) is 42.5 Å². The Bertz CT molecular complexity index is 931. The lowest BCUT2D eigenvalue weighted by Crippen LogP contribution is -2.15. The van der Waals surface area contributed by atoms with E-state index in [1.165, 1.54) is 0 Å². The van der Waals surface area contributed by atoms with Crippen molar-refractivity contribution in [1.82, 2.24) is 15.0 Å². The Morgan fingerprint density at radius 1 is 1.12 bits per heavy atom. The monoisotopic (exact) mass is 336 g/mol. The van der Waals surface area contributed by atoms with Crippen LogP contribution in [-0.2, 0) is 0 Å². The molecule has 0 radical (unpaired) electrons. The first-order valence-corrected chi connectivity index (χ1v) is 7.95. The maximum Gasteiger partial charge on any atom is 0.278 e. The number of rotatable bonds is 4. The molecule has 25 heavy (non-hydrogen) atoms. The molecule has 128 valence electrons. The number of para-hydroxylation sites is 2. The van der Waals surface area contributed by atoms with Crippen LogP contribution in [-0.4, -0.2) is 28.0 Å². The Kier molecular flexibility index (Phi) is 4.52. The SMILES string of the molecule is COc1ccccc1-n1nnc(C(=O)Nc2cc(C)ccc2C)c1C. The molecule has 0 fully saturated rings. The van der Waals surface area contributed by atoms with Crippen LogP contribution in [0.3, 0.4) is 0 Å². The van der Waals surface area contributed by atoms with Crippen LogP contribution in [0.2, 0.25) is 0 Å². The quantitative estimate of drug-likeness (QED) is 0.792. The van der Waals surface area contributed by atoms with Crippen LogP contribution in [0.25, 0.3) is 5.69 Å². The molecular formula is C19H20N4O2. The van der Waals surface area contributed by atoms with Crippen LogP contribution in [0.5, 0.6) is 5.75 Å². The number of amides is 1. The molecule has 0 aliphatic rings. The zero-order chi connectivity index (χ0) is 18.0. The van der Waals surface area contributed by atoms with Gasteiger partial charge in [0.2, 0.25) is 0 Å². The van der Waals surface area contributed by atoms with E-state index in [4.69, 9.17) is 4.74 Å². The summed E-state index contributed by atoms with van der Waals surface area (Å²) in [4.78, 5) is 12.6. The summed E-state index contributed by atoms with van der Waals surface area (Å²) in [6.07, 6.45) is 0. The van der Waals surface area contributed by atoms with Crippen molar-refractivity contribution in [3.05, 3.63) is 65.0 Å². The summed E-state index contributed by atoms with van der Waals surface area (Å²) in [5, 5.41) is 11.1. The fourth-order valence-corrected chi connectivity index (χ4v) is 2.62. The lowest BCUT2D eigenvalue weighted by molar-refractivity contribution is 0.102. The second-order valence-corrected chi connectivity index (χ2v) is 5.88. The van der Waals surface area contributed by atoms with Gasteiger partial charge in [-0.2, -0.15) is 0 Å². The van der Waals surface area contributed by atoms with Crippen molar-refractivity contribution in [2.24, 2.45) is 0 Å². The Morgan fingerprint density at radius 2 is 1.88 bits per heavy atom. The van der Waals surface area contributed by atoms with Gasteiger partial charge in [0, 0.05) is 5.69 Å². The highest BCUT2D eigenvalue weighted by Crippen LogP contribution is 2.24. The van der Waals surface area contributed by atoms with E-state index < -0.39 is 0 Å². The summed E-state index contributed by atoms with van der Waals surface area (Å²) in [6, 6.07) is 13.4. The van der Waals surface area contributed by atoms with Gasteiger partial charge in [0.15, 0.2) is 5.69 Å². The van der Waals surface area contributed by atoms with Crippen molar-refractivity contribution < 1.29 is 9.53 Å². The number of ether oxygens (including phenoxy) is 1. The van der Waals surface area contributed by atoms with Gasteiger partial charge in [0.1, 0.15) is 11.4 Å². The van der Waals surface area contributed by atoms with E-state index in [1.54, 1.807) is 11.8 Å². The molecule has 0 saturated heterocycles. The number of carbonyl (C=O) groups excluding carboxylic acids is 1. The molecule has 1 amide bonds. The standard InChI is InChI=1S/C19H20N4O2/c1-12-9-10-13(2)15(11-12)20-19(24)18-14(3)23(22-21-18)16-7-5-6-8-17(16)25-4/h5-11H,1-4H3,(H,20,24). The summed E-state index contributed by atoms with van der Waals surface area (Å²) in [7, 11) is 1.60. The maximum atomic E-state index is 12.6. The summed E-state index contributed by atoms with van der Waals surface area (Å²) in [6.45, 7) is 5.75. The number of anilines is 1. The second kappa shape index (κ2) is 6.76. The third kappa shape index (κ3) is 3.24. The zero-order valence-electron chi connectivity index (χ0n) is 14.7. The largest absolute Gasteiger partial charge is 0.494 e. The minimum atomic E-state index is -0.285. The van der Waals surface area contributed by atoms with Crippen molar-refractivity contribution in [3.63, 3.8) is 0 Å². The molecule has 1 N–H and O–H groups in total. The molecule has 0 atom stereocenters. The minimum Gasteiger partial charge on any atom is -0.494 e. The molecule has 2 aromatic carbocycles. The average molecular weight is 336 g/mol. The zero-order valence-corrected chi connectivity index (χ0v) is 14.7. The molecule has 0 spiro atoms. The normalized spacial score (nSPS) is 10.6. The number of hydrogen-bond acceptors (Lipinski definition) is 4. The Morgan fingerprint density at radius 3 is 2.64 bits per heavy atom. The number of carbonyl (C=O) groups is 1. The molecule has 0 saturated carbocycles. The van der Waals surface area contributed by atoms with E-state index >= 15 is 0 Å². The van der Waals surface area contributed by atoms with Gasteiger partial charge in [-0.15, -0.1) is 5.10 Å². The minimum absolute atomic E-state index is 0.284. The van der Waals surface area contributed by atoms with E-state index in [-0.39, 0.29) is 11.6 Å². The highest BCUT2D eigenvalue weighted by Gasteiger charge is 2.19. The van der Waals surface area contributed by atoms with Crippen LogP contribution < -0.4 is 10.1 Å². The lowest BCUT2D eigenvalue weighted by Gasteiger charge is -2.10. The summed E-state index contributed by atoms with van der Waals surface area (Å²) >= 11 is 0. The number of hydrogen-bond donors (Lipinski definition) is 1. The van der Waals surface area contributed by atoms with Crippen molar-refractivity contribution in [3.8, 4) is 11.4 Å². The maximum absolute atomic E-state index is 12.6. The van der Waals surface area contributed by atoms with Crippen LogP contribution in [0.4, 0.5) is 5.69 Å². The van der Waals surface area contributed by atoms with E-state index in [2.05, 4.69) is 15.6 Å². The first kappa shape index (κ1) is 16.7. The van der Waals surface area contributed by atoms with Crippen molar-refractivity contribution in [2.75, 3.05) is 12.4 Å². The lowest BCUT2D eigenvalue weighted by atomic mass is 10.1. The van der Waals surface area contributed by atoms with E-state index in [9.17, 15) is 4.79 Å². The van der Waals surface area contributed by atoms with Crippen LogP contribution in [0, 0.1) is 20.8 Å². The van der Waals surface area contributed by atoms with Gasteiger partial charge in [-0.3, -0.25) is 4.79 Å². The van der Waals surface area contributed by atoms with Crippen LogP contribution in [0.1, 0.15) is 27.3 Å². The highest BCUT2D eigenvalue weighted by atomic mass is 16.5.